The van der Waals surface area contributed by atoms with E-state index in [1.807, 2.05) is 0 Å². The quantitative estimate of drug-likeness (QED) is 0.667. The van der Waals surface area contributed by atoms with Gasteiger partial charge in [-0.25, -0.2) is 0 Å². The van der Waals surface area contributed by atoms with E-state index >= 15 is 0 Å². The van der Waals surface area contributed by atoms with Gasteiger partial charge in [0.05, 0.1) is 18.0 Å². The SMILES string of the molecule is O=C(N[C@H]1CCNC1)c1ccnnc1. The van der Waals surface area contributed by atoms with Gasteiger partial charge in [-0.3, -0.25) is 4.79 Å². The van der Waals surface area contributed by atoms with Crippen LogP contribution in [0.25, 0.3) is 0 Å². The second kappa shape index (κ2) is 4.15. The fourth-order valence-corrected chi connectivity index (χ4v) is 1.47. The number of aromatic nitrogens is 2. The van der Waals surface area contributed by atoms with Gasteiger partial charge in [-0.2, -0.15) is 10.2 Å². The summed E-state index contributed by atoms with van der Waals surface area (Å²) in [4.78, 5) is 11.6. The molecule has 0 aromatic carbocycles. The zero-order chi connectivity index (χ0) is 9.80. The summed E-state index contributed by atoms with van der Waals surface area (Å²) in [7, 11) is 0. The van der Waals surface area contributed by atoms with E-state index < -0.39 is 0 Å². The molecule has 1 amide bonds. The Bertz CT molecular complexity index is 308. The minimum Gasteiger partial charge on any atom is -0.348 e. The molecular formula is C9H12N4O. The zero-order valence-electron chi connectivity index (χ0n) is 7.73. The van der Waals surface area contributed by atoms with E-state index in [4.69, 9.17) is 0 Å². The molecule has 1 aliphatic heterocycles. The molecule has 2 N–H and O–H groups in total. The van der Waals surface area contributed by atoms with Gasteiger partial charge in [-0.15, -0.1) is 0 Å². The molecule has 1 aromatic heterocycles. The first-order valence-electron chi connectivity index (χ1n) is 4.64. The molecule has 5 nitrogen and oxygen atoms in total. The van der Waals surface area contributed by atoms with E-state index in [2.05, 4.69) is 20.8 Å². The Morgan fingerprint density at radius 1 is 1.57 bits per heavy atom. The summed E-state index contributed by atoms with van der Waals surface area (Å²) in [5.41, 5.74) is 0.562. The number of hydrogen-bond donors (Lipinski definition) is 2. The first-order chi connectivity index (χ1) is 6.86. The van der Waals surface area contributed by atoms with Gasteiger partial charge in [0.25, 0.3) is 5.91 Å². The van der Waals surface area contributed by atoms with Crippen LogP contribution in [0.1, 0.15) is 16.8 Å². The lowest BCUT2D eigenvalue weighted by atomic mass is 10.2. The van der Waals surface area contributed by atoms with Crippen molar-refractivity contribution in [1.29, 1.82) is 0 Å². The molecule has 0 unspecified atom stereocenters. The molecule has 74 valence electrons. The normalized spacial score (nSPS) is 20.7. The minimum absolute atomic E-state index is 0.0754. The average Bonchev–Trinajstić information content (AvgIpc) is 2.72. The molecule has 5 heteroatoms. The van der Waals surface area contributed by atoms with Crippen LogP contribution in [0.4, 0.5) is 0 Å². The number of nitrogens with one attached hydrogen (secondary N) is 2. The summed E-state index contributed by atoms with van der Waals surface area (Å²) in [6.45, 7) is 1.82. The van der Waals surface area contributed by atoms with Crippen LogP contribution in [0.3, 0.4) is 0 Å². The third-order valence-electron chi connectivity index (χ3n) is 2.24. The van der Waals surface area contributed by atoms with Gasteiger partial charge in [0.15, 0.2) is 0 Å². The molecule has 2 rings (SSSR count). The summed E-state index contributed by atoms with van der Waals surface area (Å²) in [6.07, 6.45) is 3.98. The van der Waals surface area contributed by atoms with Gasteiger partial charge in [-0.05, 0) is 19.0 Å². The lowest BCUT2D eigenvalue weighted by Gasteiger charge is -2.10. The van der Waals surface area contributed by atoms with Crippen LogP contribution in [0.15, 0.2) is 18.5 Å². The van der Waals surface area contributed by atoms with Crippen molar-refractivity contribution in [3.05, 3.63) is 24.0 Å². The standard InChI is InChI=1S/C9H12N4O/c14-9(7-1-4-11-12-5-7)13-8-2-3-10-6-8/h1,4-5,8,10H,2-3,6H2,(H,13,14)/t8-/m0/s1. The summed E-state index contributed by atoms with van der Waals surface area (Å²) < 4.78 is 0. The molecule has 2 heterocycles. The Labute approximate surface area is 81.9 Å². The van der Waals surface area contributed by atoms with Crippen molar-refractivity contribution in [2.75, 3.05) is 13.1 Å². The van der Waals surface area contributed by atoms with Gasteiger partial charge < -0.3 is 10.6 Å². The summed E-state index contributed by atoms with van der Waals surface area (Å²) >= 11 is 0. The third kappa shape index (κ3) is 2.05. The molecule has 0 aliphatic carbocycles. The molecular weight excluding hydrogens is 180 g/mol. The lowest BCUT2D eigenvalue weighted by Crippen LogP contribution is -2.36. The molecule has 0 spiro atoms. The van der Waals surface area contributed by atoms with Gasteiger partial charge in [0.2, 0.25) is 0 Å². The molecule has 1 fully saturated rings. The highest BCUT2D eigenvalue weighted by molar-refractivity contribution is 5.93. The van der Waals surface area contributed by atoms with Crippen molar-refractivity contribution >= 4 is 5.91 Å². The minimum atomic E-state index is -0.0754. The van der Waals surface area contributed by atoms with Crippen LogP contribution >= 0.6 is 0 Å². The van der Waals surface area contributed by atoms with Gasteiger partial charge in [0.1, 0.15) is 0 Å². The van der Waals surface area contributed by atoms with Crippen molar-refractivity contribution in [2.45, 2.75) is 12.5 Å². The number of rotatable bonds is 2. The van der Waals surface area contributed by atoms with E-state index in [0.29, 0.717) is 5.56 Å². The highest BCUT2D eigenvalue weighted by Crippen LogP contribution is 2.00. The number of hydrogen-bond acceptors (Lipinski definition) is 4. The monoisotopic (exact) mass is 192 g/mol. The number of carbonyl (C=O) groups is 1. The average molecular weight is 192 g/mol. The second-order valence-electron chi connectivity index (χ2n) is 3.29. The predicted molar refractivity (Wildman–Crippen MR) is 50.8 cm³/mol. The van der Waals surface area contributed by atoms with Crippen LogP contribution in [-0.2, 0) is 0 Å². The van der Waals surface area contributed by atoms with Crippen molar-refractivity contribution < 1.29 is 4.79 Å². The van der Waals surface area contributed by atoms with Crippen LogP contribution < -0.4 is 10.6 Å². The topological polar surface area (TPSA) is 66.9 Å². The number of amides is 1. The van der Waals surface area contributed by atoms with E-state index in [1.165, 1.54) is 12.4 Å². The van der Waals surface area contributed by atoms with Crippen LogP contribution in [-0.4, -0.2) is 35.2 Å². The number of carbonyl (C=O) groups excluding carboxylic acids is 1. The largest absolute Gasteiger partial charge is 0.348 e. The van der Waals surface area contributed by atoms with Crippen molar-refractivity contribution in [3.63, 3.8) is 0 Å². The molecule has 1 atom stereocenters. The Hall–Kier alpha value is -1.49. The van der Waals surface area contributed by atoms with E-state index in [9.17, 15) is 4.79 Å². The Balaban J connectivity index is 1.95. The maximum Gasteiger partial charge on any atom is 0.253 e. The predicted octanol–water partition coefficient (Wildman–Crippen LogP) is -0.432. The third-order valence-corrected chi connectivity index (χ3v) is 2.24. The molecule has 14 heavy (non-hydrogen) atoms. The molecule has 0 saturated carbocycles. The first-order valence-corrected chi connectivity index (χ1v) is 4.64. The Morgan fingerprint density at radius 3 is 3.14 bits per heavy atom. The van der Waals surface area contributed by atoms with Crippen LogP contribution in [0.2, 0.25) is 0 Å². The van der Waals surface area contributed by atoms with E-state index in [0.717, 1.165) is 19.5 Å². The maximum absolute atomic E-state index is 11.6. The van der Waals surface area contributed by atoms with Crippen molar-refractivity contribution in [2.24, 2.45) is 0 Å². The van der Waals surface area contributed by atoms with Crippen molar-refractivity contribution in [1.82, 2.24) is 20.8 Å². The molecule has 1 aromatic rings. The number of nitrogens with zero attached hydrogens (tertiary/aromatic N) is 2. The molecule has 0 radical (unpaired) electrons. The van der Waals surface area contributed by atoms with Gasteiger partial charge >= 0.3 is 0 Å². The molecule has 0 bridgehead atoms. The highest BCUT2D eigenvalue weighted by Gasteiger charge is 2.17. The Morgan fingerprint density at radius 2 is 2.50 bits per heavy atom. The molecule has 1 saturated heterocycles. The highest BCUT2D eigenvalue weighted by atomic mass is 16.1. The Kier molecular flexibility index (Phi) is 2.69. The van der Waals surface area contributed by atoms with E-state index in [-0.39, 0.29) is 11.9 Å². The summed E-state index contributed by atoms with van der Waals surface area (Å²) in [5, 5.41) is 13.4. The summed E-state index contributed by atoms with van der Waals surface area (Å²) in [6, 6.07) is 1.90. The molecule has 1 aliphatic rings. The lowest BCUT2D eigenvalue weighted by molar-refractivity contribution is 0.0939. The van der Waals surface area contributed by atoms with Crippen LogP contribution in [0, 0.1) is 0 Å². The second-order valence-corrected chi connectivity index (χ2v) is 3.29. The van der Waals surface area contributed by atoms with Crippen molar-refractivity contribution in [3.8, 4) is 0 Å². The maximum atomic E-state index is 11.6. The zero-order valence-corrected chi connectivity index (χ0v) is 7.73. The van der Waals surface area contributed by atoms with Gasteiger partial charge in [0, 0.05) is 12.6 Å². The van der Waals surface area contributed by atoms with Gasteiger partial charge in [-0.1, -0.05) is 0 Å². The van der Waals surface area contributed by atoms with Crippen LogP contribution in [0.5, 0.6) is 0 Å². The fourth-order valence-electron chi connectivity index (χ4n) is 1.47. The summed E-state index contributed by atoms with van der Waals surface area (Å²) in [5.74, 6) is -0.0754. The fraction of sp³-hybridized carbons (Fsp3) is 0.444. The van der Waals surface area contributed by atoms with E-state index in [1.54, 1.807) is 6.07 Å². The smallest absolute Gasteiger partial charge is 0.253 e. The first kappa shape index (κ1) is 9.08.